The van der Waals surface area contributed by atoms with Crippen LogP contribution in [0, 0.1) is 10.5 Å². The predicted octanol–water partition coefficient (Wildman–Crippen LogP) is 6.17. The average molecular weight is 645 g/mol. The van der Waals surface area contributed by atoms with Crippen LogP contribution in [0.3, 0.4) is 0 Å². The van der Waals surface area contributed by atoms with E-state index >= 15 is 0 Å². The maximum Gasteiger partial charge on any atom is 0.335 e. The number of carbonyl (C=O) groups is 3. The van der Waals surface area contributed by atoms with Crippen molar-refractivity contribution in [2.24, 2.45) is 0 Å². The fourth-order valence-corrected chi connectivity index (χ4v) is 5.35. The monoisotopic (exact) mass is 644 g/mol. The van der Waals surface area contributed by atoms with Crippen molar-refractivity contribution >= 4 is 68.1 Å². The molecule has 0 radical (unpaired) electrons. The molecule has 0 aliphatic carbocycles. The molecule has 1 heterocycles. The van der Waals surface area contributed by atoms with Gasteiger partial charge in [0.25, 0.3) is 11.8 Å². The van der Waals surface area contributed by atoms with Gasteiger partial charge in [-0.05, 0) is 98.9 Å². The number of nitrogens with one attached hydrogen (secondary N) is 1. The highest BCUT2D eigenvalue weighted by atomic mass is 127. The molecule has 4 rings (SSSR count). The number of ether oxygens (including phenoxy) is 1. The molecule has 1 N–H and O–H groups in total. The van der Waals surface area contributed by atoms with E-state index in [2.05, 4.69) is 43.8 Å². The summed E-state index contributed by atoms with van der Waals surface area (Å²) >= 11 is 5.69. The van der Waals surface area contributed by atoms with Gasteiger partial charge in [0.1, 0.15) is 17.9 Å². The van der Waals surface area contributed by atoms with Gasteiger partial charge in [-0.25, -0.2) is 9.69 Å². The van der Waals surface area contributed by atoms with Gasteiger partial charge in [0, 0.05) is 0 Å². The second-order valence-corrected chi connectivity index (χ2v) is 10.1. The van der Waals surface area contributed by atoms with Gasteiger partial charge in [0.2, 0.25) is 0 Å². The van der Waals surface area contributed by atoms with Gasteiger partial charge in [-0.3, -0.25) is 14.9 Å². The van der Waals surface area contributed by atoms with Crippen LogP contribution in [0.2, 0.25) is 0 Å². The van der Waals surface area contributed by atoms with Crippen LogP contribution in [0.5, 0.6) is 5.75 Å². The molecule has 3 aromatic carbocycles. The van der Waals surface area contributed by atoms with E-state index in [-0.39, 0.29) is 5.57 Å². The van der Waals surface area contributed by atoms with Gasteiger partial charge in [-0.2, -0.15) is 0 Å². The third kappa shape index (κ3) is 5.65. The van der Waals surface area contributed by atoms with Crippen molar-refractivity contribution in [1.29, 1.82) is 0 Å². The first kappa shape index (κ1) is 25.1. The second-order valence-electron chi connectivity index (χ2n) is 8.07. The van der Waals surface area contributed by atoms with E-state index in [1.807, 2.05) is 56.3 Å². The van der Waals surface area contributed by atoms with Crippen molar-refractivity contribution in [3.05, 3.63) is 96.5 Å². The van der Waals surface area contributed by atoms with Crippen molar-refractivity contribution in [1.82, 2.24) is 5.32 Å². The Kier molecular flexibility index (Phi) is 7.71. The maximum atomic E-state index is 13.2. The number of hydrogen-bond donors (Lipinski definition) is 1. The van der Waals surface area contributed by atoms with Crippen LogP contribution >= 0.6 is 38.5 Å². The van der Waals surface area contributed by atoms with Crippen molar-refractivity contribution in [3.63, 3.8) is 0 Å². The van der Waals surface area contributed by atoms with Gasteiger partial charge < -0.3 is 4.74 Å². The summed E-state index contributed by atoms with van der Waals surface area (Å²) < 4.78 is 7.51. The quantitative estimate of drug-likeness (QED) is 0.198. The van der Waals surface area contributed by atoms with Gasteiger partial charge in [0.05, 0.1) is 13.7 Å². The Morgan fingerprint density at radius 1 is 1.00 bits per heavy atom. The number of barbiturate groups is 1. The molecule has 0 saturated carbocycles. The Bertz CT molecular complexity index is 1310. The fraction of sp³-hybridized carbons (Fsp3) is 0.148. The number of benzene rings is 3. The van der Waals surface area contributed by atoms with Gasteiger partial charge in [-0.1, -0.05) is 48.9 Å². The smallest absolute Gasteiger partial charge is 0.335 e. The van der Waals surface area contributed by atoms with Crippen LogP contribution in [-0.2, 0) is 22.6 Å². The first-order chi connectivity index (χ1) is 16.8. The molecule has 1 saturated heterocycles. The molecule has 35 heavy (non-hydrogen) atoms. The summed E-state index contributed by atoms with van der Waals surface area (Å²) in [6.07, 6.45) is 2.32. The zero-order valence-electron chi connectivity index (χ0n) is 19.1. The van der Waals surface area contributed by atoms with Gasteiger partial charge >= 0.3 is 6.03 Å². The molecule has 1 aliphatic heterocycles. The second kappa shape index (κ2) is 10.7. The van der Waals surface area contributed by atoms with Crippen molar-refractivity contribution in [2.75, 3.05) is 4.90 Å². The normalized spacial score (nSPS) is 14.9. The van der Waals surface area contributed by atoms with Crippen LogP contribution in [0.25, 0.3) is 6.08 Å². The SMILES string of the molecule is CCc1ccc(N2C(=O)NC(=O)/C(=C/c3cc(Br)c(OCc4ccc(C)cc4)c(I)c3)C2=O)cc1. The number of halogens is 2. The van der Waals surface area contributed by atoms with E-state index in [1.165, 1.54) is 11.6 Å². The lowest BCUT2D eigenvalue weighted by Gasteiger charge is -2.26. The number of imide groups is 2. The lowest BCUT2D eigenvalue weighted by atomic mass is 10.1. The van der Waals surface area contributed by atoms with Crippen molar-refractivity contribution < 1.29 is 19.1 Å². The van der Waals surface area contributed by atoms with E-state index in [1.54, 1.807) is 18.2 Å². The third-order valence-electron chi connectivity index (χ3n) is 5.54. The first-order valence-corrected chi connectivity index (χ1v) is 12.8. The van der Waals surface area contributed by atoms with E-state index in [9.17, 15) is 14.4 Å². The Balaban J connectivity index is 1.59. The number of anilines is 1. The molecule has 0 aromatic heterocycles. The number of urea groups is 1. The summed E-state index contributed by atoms with van der Waals surface area (Å²) in [5.74, 6) is -0.735. The predicted molar refractivity (Wildman–Crippen MR) is 147 cm³/mol. The molecular weight excluding hydrogens is 623 g/mol. The minimum absolute atomic E-state index is 0.125. The Morgan fingerprint density at radius 2 is 1.66 bits per heavy atom. The number of rotatable bonds is 6. The molecule has 1 fully saturated rings. The van der Waals surface area contributed by atoms with E-state index in [0.717, 1.165) is 26.0 Å². The summed E-state index contributed by atoms with van der Waals surface area (Å²) in [5.41, 5.74) is 4.21. The molecule has 6 nitrogen and oxygen atoms in total. The maximum absolute atomic E-state index is 13.2. The first-order valence-electron chi connectivity index (χ1n) is 10.9. The van der Waals surface area contributed by atoms with Crippen LogP contribution in [0.1, 0.15) is 29.2 Å². The van der Waals surface area contributed by atoms with Crippen molar-refractivity contribution in [3.8, 4) is 5.75 Å². The molecule has 4 amide bonds. The summed E-state index contributed by atoms with van der Waals surface area (Å²) in [6.45, 7) is 4.46. The number of hydrogen-bond acceptors (Lipinski definition) is 4. The highest BCUT2D eigenvalue weighted by Gasteiger charge is 2.36. The highest BCUT2D eigenvalue weighted by molar-refractivity contribution is 14.1. The molecule has 0 spiro atoms. The summed E-state index contributed by atoms with van der Waals surface area (Å²) in [4.78, 5) is 39.1. The van der Waals surface area contributed by atoms with Gasteiger partial charge in [-0.15, -0.1) is 0 Å². The summed E-state index contributed by atoms with van der Waals surface area (Å²) in [7, 11) is 0. The van der Waals surface area contributed by atoms with E-state index in [4.69, 9.17) is 4.74 Å². The molecule has 0 unspecified atom stereocenters. The zero-order chi connectivity index (χ0) is 25.1. The summed E-state index contributed by atoms with van der Waals surface area (Å²) in [6, 6.07) is 18.0. The number of carbonyl (C=O) groups excluding carboxylic acids is 3. The van der Waals surface area contributed by atoms with E-state index < -0.39 is 17.8 Å². The molecule has 1 aliphatic rings. The van der Waals surface area contributed by atoms with Crippen LogP contribution in [0.15, 0.2) is 70.7 Å². The minimum atomic E-state index is -0.767. The van der Waals surface area contributed by atoms with E-state index in [0.29, 0.717) is 28.1 Å². The average Bonchev–Trinajstić information content (AvgIpc) is 2.82. The molecule has 0 atom stereocenters. The van der Waals surface area contributed by atoms with Crippen LogP contribution in [-0.4, -0.2) is 17.8 Å². The van der Waals surface area contributed by atoms with Crippen molar-refractivity contribution in [2.45, 2.75) is 26.9 Å². The zero-order valence-corrected chi connectivity index (χ0v) is 22.8. The lowest BCUT2D eigenvalue weighted by Crippen LogP contribution is -2.54. The summed E-state index contributed by atoms with van der Waals surface area (Å²) in [5, 5.41) is 2.26. The largest absolute Gasteiger partial charge is 0.487 e. The standard InChI is InChI=1S/C27H22BrIN2O4/c1-3-17-8-10-20(11-9-17)31-26(33)21(25(32)30-27(31)34)12-19-13-22(28)24(23(29)14-19)35-15-18-6-4-16(2)5-7-18/h4-14H,3,15H2,1-2H3,(H,30,32,34)/b21-12-. The van der Waals surface area contributed by atoms with Crippen LogP contribution in [0.4, 0.5) is 10.5 Å². The Morgan fingerprint density at radius 3 is 2.29 bits per heavy atom. The molecule has 0 bridgehead atoms. The Hall–Kier alpha value is -2.98. The lowest BCUT2D eigenvalue weighted by molar-refractivity contribution is -0.122. The third-order valence-corrected chi connectivity index (χ3v) is 6.93. The topological polar surface area (TPSA) is 75.7 Å². The number of nitrogens with zero attached hydrogens (tertiary/aromatic N) is 1. The number of amides is 4. The van der Waals surface area contributed by atoms with Crippen LogP contribution < -0.4 is 15.0 Å². The molecule has 3 aromatic rings. The fourth-order valence-electron chi connectivity index (χ4n) is 3.58. The Labute approximate surface area is 225 Å². The van der Waals surface area contributed by atoms with Gasteiger partial charge in [0.15, 0.2) is 0 Å². The highest BCUT2D eigenvalue weighted by Crippen LogP contribution is 2.34. The molecular formula is C27H22BrIN2O4. The molecule has 8 heteroatoms. The number of aryl methyl sites for hydroxylation is 2. The molecule has 178 valence electrons. The minimum Gasteiger partial charge on any atom is -0.487 e.